The van der Waals surface area contributed by atoms with E-state index in [1.807, 2.05) is 0 Å². The molecule has 0 aromatic heterocycles. The fourth-order valence-corrected chi connectivity index (χ4v) is 2.57. The van der Waals surface area contributed by atoms with Crippen molar-refractivity contribution in [1.82, 2.24) is 5.32 Å². The highest BCUT2D eigenvalue weighted by molar-refractivity contribution is 6.30. The summed E-state index contributed by atoms with van der Waals surface area (Å²) < 4.78 is 20.8. The van der Waals surface area contributed by atoms with Gasteiger partial charge in [0.25, 0.3) is 5.91 Å². The molecule has 0 saturated carbocycles. The van der Waals surface area contributed by atoms with E-state index in [4.69, 9.17) is 30.5 Å². The summed E-state index contributed by atoms with van der Waals surface area (Å²) in [6, 6.07) is 10.2. The average molecular weight is 408 g/mol. The molecule has 8 heteroatoms. The number of amides is 1. The number of hydrogen-bond donors (Lipinski definition) is 1. The second-order valence-electron chi connectivity index (χ2n) is 5.76. The molecule has 0 saturated heterocycles. The molecule has 0 atom stereocenters. The largest absolute Gasteiger partial charge is 0.496 e. The zero-order valence-corrected chi connectivity index (χ0v) is 16.7. The van der Waals surface area contributed by atoms with Gasteiger partial charge in [-0.15, -0.1) is 0 Å². The van der Waals surface area contributed by atoms with Crippen molar-refractivity contribution in [3.05, 3.63) is 52.5 Å². The zero-order valence-electron chi connectivity index (χ0n) is 15.9. The van der Waals surface area contributed by atoms with E-state index in [9.17, 15) is 9.59 Å². The van der Waals surface area contributed by atoms with Gasteiger partial charge < -0.3 is 24.3 Å². The van der Waals surface area contributed by atoms with Crippen LogP contribution in [0.15, 0.2) is 36.4 Å². The molecule has 0 aliphatic rings. The van der Waals surface area contributed by atoms with Crippen LogP contribution in [0.25, 0.3) is 0 Å². The molecule has 0 unspecified atom stereocenters. The molecule has 2 aromatic carbocycles. The normalized spacial score (nSPS) is 10.1. The minimum atomic E-state index is -0.499. The van der Waals surface area contributed by atoms with Crippen LogP contribution in [0.4, 0.5) is 0 Å². The molecule has 7 nitrogen and oxygen atoms in total. The van der Waals surface area contributed by atoms with E-state index in [1.54, 1.807) is 36.4 Å². The number of halogens is 1. The summed E-state index contributed by atoms with van der Waals surface area (Å²) in [5.74, 6) is 0.646. The van der Waals surface area contributed by atoms with Gasteiger partial charge in [-0.2, -0.15) is 0 Å². The Labute approximate surface area is 168 Å². The van der Waals surface area contributed by atoms with Crippen molar-refractivity contribution in [2.75, 3.05) is 27.9 Å². The van der Waals surface area contributed by atoms with E-state index >= 15 is 0 Å². The van der Waals surface area contributed by atoms with Gasteiger partial charge in [-0.1, -0.05) is 23.7 Å². The van der Waals surface area contributed by atoms with Crippen molar-refractivity contribution in [3.8, 4) is 17.2 Å². The maximum atomic E-state index is 12.0. The molecule has 1 N–H and O–H groups in total. The third-order valence-electron chi connectivity index (χ3n) is 3.89. The van der Waals surface area contributed by atoms with Crippen molar-refractivity contribution in [2.24, 2.45) is 0 Å². The zero-order chi connectivity index (χ0) is 20.5. The van der Waals surface area contributed by atoms with Crippen molar-refractivity contribution in [3.63, 3.8) is 0 Å². The lowest BCUT2D eigenvalue weighted by atomic mass is 10.1. The Balaban J connectivity index is 1.86. The van der Waals surface area contributed by atoms with E-state index < -0.39 is 11.9 Å². The topological polar surface area (TPSA) is 83.1 Å². The van der Waals surface area contributed by atoms with Crippen molar-refractivity contribution in [2.45, 2.75) is 13.0 Å². The predicted octanol–water partition coefficient (Wildman–Crippen LogP) is 2.77. The van der Waals surface area contributed by atoms with Crippen LogP contribution in [-0.2, 0) is 27.3 Å². The average Bonchev–Trinajstić information content (AvgIpc) is 2.71. The number of hydrogen-bond acceptors (Lipinski definition) is 6. The highest BCUT2D eigenvalue weighted by Crippen LogP contribution is 2.34. The number of benzene rings is 2. The van der Waals surface area contributed by atoms with E-state index in [-0.39, 0.29) is 19.6 Å². The van der Waals surface area contributed by atoms with Crippen molar-refractivity contribution in [1.29, 1.82) is 0 Å². The first kappa shape index (κ1) is 21.4. The Morgan fingerprint density at radius 3 is 2.14 bits per heavy atom. The number of methoxy groups -OCH3 is 3. The molecule has 150 valence electrons. The highest BCUT2D eigenvalue weighted by atomic mass is 35.5. The summed E-state index contributed by atoms with van der Waals surface area (Å²) in [5.41, 5.74) is 1.45. The van der Waals surface area contributed by atoms with Crippen LogP contribution in [0.5, 0.6) is 17.2 Å². The number of carbonyl (C=O) groups excluding carboxylic acids is 2. The molecule has 2 rings (SSSR count). The quantitative estimate of drug-likeness (QED) is 0.643. The number of esters is 1. The van der Waals surface area contributed by atoms with Crippen LogP contribution < -0.4 is 19.5 Å². The summed E-state index contributed by atoms with van der Waals surface area (Å²) in [5, 5.41) is 3.26. The van der Waals surface area contributed by atoms with Crippen LogP contribution in [0, 0.1) is 0 Å². The van der Waals surface area contributed by atoms with Crippen LogP contribution in [0.2, 0.25) is 5.02 Å². The molecule has 0 aliphatic carbocycles. The first-order valence-electron chi connectivity index (χ1n) is 8.42. The van der Waals surface area contributed by atoms with Gasteiger partial charge in [0.05, 0.1) is 27.8 Å². The van der Waals surface area contributed by atoms with Crippen molar-refractivity contribution >= 4 is 23.5 Å². The van der Waals surface area contributed by atoms with Gasteiger partial charge in [-0.05, 0) is 23.8 Å². The van der Waals surface area contributed by atoms with E-state index in [2.05, 4.69) is 5.32 Å². The smallest absolute Gasteiger partial charge is 0.310 e. The summed E-state index contributed by atoms with van der Waals surface area (Å²) in [4.78, 5) is 23.8. The van der Waals surface area contributed by atoms with E-state index in [0.717, 1.165) is 5.56 Å². The lowest BCUT2D eigenvalue weighted by molar-refractivity contribution is -0.147. The van der Waals surface area contributed by atoms with Gasteiger partial charge in [0, 0.05) is 23.2 Å². The van der Waals surface area contributed by atoms with E-state index in [1.165, 1.54) is 21.3 Å². The first-order chi connectivity index (χ1) is 13.5. The number of carbonyl (C=O) groups is 2. The molecular formula is C20H22ClNO6. The summed E-state index contributed by atoms with van der Waals surface area (Å²) >= 11 is 5.80. The molecule has 28 heavy (non-hydrogen) atoms. The first-order valence-corrected chi connectivity index (χ1v) is 8.80. The van der Waals surface area contributed by atoms with Crippen LogP contribution in [-0.4, -0.2) is 39.8 Å². The maximum absolute atomic E-state index is 12.0. The van der Waals surface area contributed by atoms with Crippen LogP contribution >= 0.6 is 11.6 Å². The van der Waals surface area contributed by atoms with Crippen molar-refractivity contribution < 1.29 is 28.5 Å². The third kappa shape index (κ3) is 6.06. The molecule has 1 amide bonds. The summed E-state index contributed by atoms with van der Waals surface area (Å²) in [6.45, 7) is -0.195. The van der Waals surface area contributed by atoms with Gasteiger partial charge in [0.1, 0.15) is 5.75 Å². The molecule has 0 fully saturated rings. The Morgan fingerprint density at radius 2 is 1.54 bits per heavy atom. The van der Waals surface area contributed by atoms with Gasteiger partial charge in [0.2, 0.25) is 0 Å². The van der Waals surface area contributed by atoms with Gasteiger partial charge in [0.15, 0.2) is 18.1 Å². The molecule has 2 aromatic rings. The van der Waals surface area contributed by atoms with Gasteiger partial charge in [-0.3, -0.25) is 9.59 Å². The van der Waals surface area contributed by atoms with Gasteiger partial charge in [-0.25, -0.2) is 0 Å². The number of nitrogens with one attached hydrogen (secondary N) is 1. The lowest BCUT2D eigenvalue weighted by Crippen LogP contribution is -2.28. The molecule has 0 aliphatic heterocycles. The summed E-state index contributed by atoms with van der Waals surface area (Å²) in [7, 11) is 4.56. The standard InChI is InChI=1S/C20H22ClNO6/c1-25-16-10-18(27-3)17(26-2)9-14(16)11-22-19(23)12-28-20(24)8-13-4-6-15(21)7-5-13/h4-7,9-10H,8,11-12H2,1-3H3,(H,22,23). The minimum absolute atomic E-state index is 0.0634. The predicted molar refractivity (Wildman–Crippen MR) is 104 cm³/mol. The van der Waals surface area contributed by atoms with Crippen LogP contribution in [0.3, 0.4) is 0 Å². The monoisotopic (exact) mass is 407 g/mol. The molecule has 0 heterocycles. The Hall–Kier alpha value is -2.93. The fraction of sp³-hybridized carbons (Fsp3) is 0.300. The molecule has 0 bridgehead atoms. The second-order valence-corrected chi connectivity index (χ2v) is 6.20. The number of ether oxygens (including phenoxy) is 4. The molecule has 0 spiro atoms. The highest BCUT2D eigenvalue weighted by Gasteiger charge is 2.14. The third-order valence-corrected chi connectivity index (χ3v) is 4.14. The Bertz CT molecular complexity index is 822. The SMILES string of the molecule is COc1cc(OC)c(OC)cc1CNC(=O)COC(=O)Cc1ccc(Cl)cc1. The van der Waals surface area contributed by atoms with Crippen LogP contribution in [0.1, 0.15) is 11.1 Å². The maximum Gasteiger partial charge on any atom is 0.310 e. The lowest BCUT2D eigenvalue weighted by Gasteiger charge is -2.14. The Morgan fingerprint density at radius 1 is 0.929 bits per heavy atom. The molecule has 0 radical (unpaired) electrons. The molecular weight excluding hydrogens is 386 g/mol. The number of rotatable bonds is 9. The summed E-state index contributed by atoms with van der Waals surface area (Å²) in [6.07, 6.45) is 0.0634. The fourth-order valence-electron chi connectivity index (χ4n) is 2.44. The second kappa shape index (κ2) is 10.4. The van der Waals surface area contributed by atoms with Gasteiger partial charge >= 0.3 is 5.97 Å². The Kier molecular flexibility index (Phi) is 7.95. The minimum Gasteiger partial charge on any atom is -0.496 e. The van der Waals surface area contributed by atoms with E-state index in [0.29, 0.717) is 27.8 Å².